The summed E-state index contributed by atoms with van der Waals surface area (Å²) < 4.78 is 0. The van der Waals surface area contributed by atoms with Gasteiger partial charge in [-0.05, 0) is 31.2 Å². The largest absolute Gasteiger partial charge is 0.371 e. The zero-order valence-electron chi connectivity index (χ0n) is 12.0. The number of likely N-dealkylation sites (N-methyl/N-ethyl adjacent to an activating group) is 1. The fourth-order valence-electron chi connectivity index (χ4n) is 2.60. The van der Waals surface area contributed by atoms with Crippen LogP contribution in [0, 0.1) is 0 Å². The van der Waals surface area contributed by atoms with E-state index in [-0.39, 0.29) is 6.04 Å². The molecule has 0 radical (unpaired) electrons. The van der Waals surface area contributed by atoms with E-state index in [1.165, 1.54) is 11.4 Å². The number of aromatic nitrogens is 1. The molecule has 1 unspecified atom stereocenters. The maximum absolute atomic E-state index is 5.85. The van der Waals surface area contributed by atoms with Gasteiger partial charge in [0, 0.05) is 26.2 Å². The van der Waals surface area contributed by atoms with E-state index < -0.39 is 0 Å². The van der Waals surface area contributed by atoms with Crippen LogP contribution in [0.2, 0.25) is 0 Å². The highest BCUT2D eigenvalue weighted by atomic mass is 15.3. The Morgan fingerprint density at radius 1 is 1.10 bits per heavy atom. The van der Waals surface area contributed by atoms with Crippen LogP contribution in [0.25, 0.3) is 0 Å². The first-order valence-electron chi connectivity index (χ1n) is 6.96. The van der Waals surface area contributed by atoms with Crippen molar-refractivity contribution in [2.24, 2.45) is 5.73 Å². The van der Waals surface area contributed by atoms with Crippen molar-refractivity contribution in [1.29, 1.82) is 0 Å². The first-order chi connectivity index (χ1) is 9.66. The number of nitrogens with two attached hydrogens (primary N) is 1. The molecule has 1 aliphatic rings. The number of benzene rings is 1. The van der Waals surface area contributed by atoms with Gasteiger partial charge in [0.1, 0.15) is 0 Å². The van der Waals surface area contributed by atoms with Gasteiger partial charge in [-0.3, -0.25) is 4.98 Å². The molecule has 1 aromatic carbocycles. The molecule has 2 aromatic rings. The van der Waals surface area contributed by atoms with Crippen molar-refractivity contribution < 1.29 is 0 Å². The van der Waals surface area contributed by atoms with Crippen molar-refractivity contribution in [3.05, 3.63) is 48.3 Å². The minimum Gasteiger partial charge on any atom is -0.371 e. The summed E-state index contributed by atoms with van der Waals surface area (Å²) in [4.78, 5) is 9.07. The summed E-state index contributed by atoms with van der Waals surface area (Å²) in [5.41, 5.74) is 10.4. The van der Waals surface area contributed by atoms with Gasteiger partial charge >= 0.3 is 0 Å². The molecule has 104 valence electrons. The van der Waals surface area contributed by atoms with Crippen molar-refractivity contribution in [3.63, 3.8) is 0 Å². The number of fused-ring (bicyclic) bond motifs is 1. The van der Waals surface area contributed by atoms with Crippen LogP contribution in [-0.4, -0.2) is 25.1 Å². The Morgan fingerprint density at radius 2 is 1.85 bits per heavy atom. The summed E-state index contributed by atoms with van der Waals surface area (Å²) >= 11 is 0. The Balaban J connectivity index is 1.97. The highest BCUT2D eigenvalue weighted by Crippen LogP contribution is 2.36. The van der Waals surface area contributed by atoms with Gasteiger partial charge in [0.15, 0.2) is 0 Å². The molecule has 4 heteroatoms. The SMILES string of the molecule is CC(N)c1ccc(N2CCN(C)c3ccccc32)cn1. The van der Waals surface area contributed by atoms with E-state index in [0.29, 0.717) is 0 Å². The van der Waals surface area contributed by atoms with E-state index in [1.807, 2.05) is 19.2 Å². The number of hydrogen-bond acceptors (Lipinski definition) is 4. The van der Waals surface area contributed by atoms with E-state index in [4.69, 9.17) is 5.73 Å². The summed E-state index contributed by atoms with van der Waals surface area (Å²) in [5, 5.41) is 0. The van der Waals surface area contributed by atoms with Crippen molar-refractivity contribution in [1.82, 2.24) is 4.98 Å². The van der Waals surface area contributed by atoms with Gasteiger partial charge in [-0.2, -0.15) is 0 Å². The fraction of sp³-hybridized carbons (Fsp3) is 0.312. The van der Waals surface area contributed by atoms with Crippen molar-refractivity contribution >= 4 is 17.1 Å². The summed E-state index contributed by atoms with van der Waals surface area (Å²) in [7, 11) is 2.13. The van der Waals surface area contributed by atoms with Gasteiger partial charge in [-0.25, -0.2) is 0 Å². The first kappa shape index (κ1) is 12.9. The smallest absolute Gasteiger partial charge is 0.0649 e. The van der Waals surface area contributed by atoms with E-state index >= 15 is 0 Å². The molecule has 0 fully saturated rings. The predicted octanol–water partition coefficient (Wildman–Crippen LogP) is 2.69. The summed E-state index contributed by atoms with van der Waals surface area (Å²) in [5.74, 6) is 0. The Labute approximate surface area is 119 Å². The maximum Gasteiger partial charge on any atom is 0.0649 e. The molecule has 0 bridgehead atoms. The van der Waals surface area contributed by atoms with Crippen LogP contribution in [0.3, 0.4) is 0 Å². The van der Waals surface area contributed by atoms with Crippen LogP contribution in [0.4, 0.5) is 17.1 Å². The van der Waals surface area contributed by atoms with Gasteiger partial charge in [-0.1, -0.05) is 12.1 Å². The van der Waals surface area contributed by atoms with Gasteiger partial charge < -0.3 is 15.5 Å². The molecule has 2 N–H and O–H groups in total. The molecule has 0 spiro atoms. The zero-order chi connectivity index (χ0) is 14.1. The molecule has 1 aliphatic heterocycles. The van der Waals surface area contributed by atoms with Crippen LogP contribution < -0.4 is 15.5 Å². The topological polar surface area (TPSA) is 45.4 Å². The summed E-state index contributed by atoms with van der Waals surface area (Å²) in [6.45, 7) is 3.92. The second kappa shape index (κ2) is 5.13. The molecule has 0 aliphatic carbocycles. The van der Waals surface area contributed by atoms with Crippen LogP contribution in [0.5, 0.6) is 0 Å². The molecule has 0 amide bonds. The zero-order valence-corrected chi connectivity index (χ0v) is 12.0. The Bertz CT molecular complexity index is 592. The molecule has 4 nitrogen and oxygen atoms in total. The third kappa shape index (κ3) is 2.23. The molecular formula is C16H20N4. The standard InChI is InChI=1S/C16H20N4/c1-12(17)14-8-7-13(11-18-14)20-10-9-19(2)15-5-3-4-6-16(15)20/h3-8,11-12H,9-10,17H2,1-2H3. The third-order valence-corrected chi connectivity index (χ3v) is 3.79. The second-order valence-corrected chi connectivity index (χ2v) is 5.29. The van der Waals surface area contributed by atoms with E-state index in [9.17, 15) is 0 Å². The number of pyridine rings is 1. The van der Waals surface area contributed by atoms with Gasteiger partial charge in [0.2, 0.25) is 0 Å². The normalized spacial score (nSPS) is 15.9. The average Bonchev–Trinajstić information content (AvgIpc) is 2.48. The third-order valence-electron chi connectivity index (χ3n) is 3.79. The van der Waals surface area contributed by atoms with E-state index in [1.54, 1.807) is 0 Å². The lowest BCUT2D eigenvalue weighted by Crippen LogP contribution is -2.36. The lowest BCUT2D eigenvalue weighted by atomic mass is 10.1. The fourth-order valence-corrected chi connectivity index (χ4v) is 2.60. The summed E-state index contributed by atoms with van der Waals surface area (Å²) in [6.07, 6.45) is 1.92. The molecule has 2 heterocycles. The van der Waals surface area contributed by atoms with Gasteiger partial charge in [0.25, 0.3) is 0 Å². The van der Waals surface area contributed by atoms with E-state index in [2.05, 4.69) is 52.2 Å². The molecular weight excluding hydrogens is 248 g/mol. The quantitative estimate of drug-likeness (QED) is 0.909. The molecule has 0 saturated carbocycles. The minimum atomic E-state index is -0.0242. The highest BCUT2D eigenvalue weighted by molar-refractivity contribution is 5.78. The van der Waals surface area contributed by atoms with Gasteiger partial charge in [-0.15, -0.1) is 0 Å². The Morgan fingerprint density at radius 3 is 2.50 bits per heavy atom. The second-order valence-electron chi connectivity index (χ2n) is 5.29. The van der Waals surface area contributed by atoms with Crippen LogP contribution in [0.15, 0.2) is 42.6 Å². The number of para-hydroxylation sites is 2. The average molecular weight is 268 g/mol. The van der Waals surface area contributed by atoms with Gasteiger partial charge in [0.05, 0.1) is 29.0 Å². The molecule has 20 heavy (non-hydrogen) atoms. The molecule has 0 saturated heterocycles. The summed E-state index contributed by atoms with van der Waals surface area (Å²) in [6, 6.07) is 12.6. The Hall–Kier alpha value is -2.07. The molecule has 1 atom stereocenters. The van der Waals surface area contributed by atoms with Crippen molar-refractivity contribution in [3.8, 4) is 0 Å². The monoisotopic (exact) mass is 268 g/mol. The lowest BCUT2D eigenvalue weighted by molar-refractivity contribution is 0.777. The lowest BCUT2D eigenvalue weighted by Gasteiger charge is -2.36. The number of nitrogens with zero attached hydrogens (tertiary/aromatic N) is 3. The van der Waals surface area contributed by atoms with Crippen LogP contribution >= 0.6 is 0 Å². The highest BCUT2D eigenvalue weighted by Gasteiger charge is 2.21. The number of hydrogen-bond donors (Lipinski definition) is 1. The van der Waals surface area contributed by atoms with Crippen molar-refractivity contribution in [2.75, 3.05) is 29.9 Å². The number of rotatable bonds is 2. The maximum atomic E-state index is 5.85. The first-order valence-corrected chi connectivity index (χ1v) is 6.96. The van der Waals surface area contributed by atoms with Crippen LogP contribution in [0.1, 0.15) is 18.7 Å². The van der Waals surface area contributed by atoms with E-state index in [0.717, 1.165) is 24.5 Å². The van der Waals surface area contributed by atoms with Crippen molar-refractivity contribution in [2.45, 2.75) is 13.0 Å². The minimum absolute atomic E-state index is 0.0242. The molecule has 3 rings (SSSR count). The molecule has 1 aromatic heterocycles. The van der Waals surface area contributed by atoms with Crippen LogP contribution in [-0.2, 0) is 0 Å². The Kier molecular flexibility index (Phi) is 3.32. The number of anilines is 3. The predicted molar refractivity (Wildman–Crippen MR) is 83.6 cm³/mol.